The van der Waals surface area contributed by atoms with Gasteiger partial charge >= 0.3 is 0 Å². The van der Waals surface area contributed by atoms with E-state index in [9.17, 15) is 0 Å². The van der Waals surface area contributed by atoms with Gasteiger partial charge in [0.15, 0.2) is 0 Å². The van der Waals surface area contributed by atoms with Crippen molar-refractivity contribution in [2.45, 2.75) is 6.10 Å². The first kappa shape index (κ1) is 8.52. The molecule has 70 valence electrons. The highest BCUT2D eigenvalue weighted by molar-refractivity contribution is 6.28. The first-order valence-corrected chi connectivity index (χ1v) is 4.16. The van der Waals surface area contributed by atoms with E-state index in [2.05, 4.69) is 9.97 Å². The van der Waals surface area contributed by atoms with Crippen LogP contribution in [0.2, 0.25) is 5.28 Å². The van der Waals surface area contributed by atoms with Crippen molar-refractivity contribution < 1.29 is 9.47 Å². The molecule has 5 nitrogen and oxygen atoms in total. The van der Waals surface area contributed by atoms with Gasteiger partial charge in [0.25, 0.3) is 0 Å². The Morgan fingerprint density at radius 3 is 3.00 bits per heavy atom. The summed E-state index contributed by atoms with van der Waals surface area (Å²) in [6.07, 6.45) is 1.46. The summed E-state index contributed by atoms with van der Waals surface area (Å²) in [5.41, 5.74) is 5.95. The lowest BCUT2D eigenvalue weighted by molar-refractivity contribution is -0.0810. The van der Waals surface area contributed by atoms with Crippen LogP contribution >= 0.6 is 11.6 Å². The highest BCUT2D eigenvalue weighted by atomic mass is 35.5. The fraction of sp³-hybridized carbons (Fsp3) is 0.429. The highest BCUT2D eigenvalue weighted by Gasteiger charge is 2.21. The second-order valence-electron chi connectivity index (χ2n) is 2.68. The number of aromatic nitrogens is 2. The summed E-state index contributed by atoms with van der Waals surface area (Å²) in [7, 11) is 0. The van der Waals surface area contributed by atoms with Gasteiger partial charge in [0.05, 0.1) is 19.4 Å². The van der Waals surface area contributed by atoms with Crippen molar-refractivity contribution in [2.75, 3.05) is 18.9 Å². The predicted molar refractivity (Wildman–Crippen MR) is 46.7 cm³/mol. The van der Waals surface area contributed by atoms with Crippen LogP contribution in [0.15, 0.2) is 6.20 Å². The van der Waals surface area contributed by atoms with Gasteiger partial charge in [-0.2, -0.15) is 4.98 Å². The second kappa shape index (κ2) is 3.35. The third-order valence-electron chi connectivity index (χ3n) is 1.64. The number of anilines is 1. The Hall–Kier alpha value is -1.07. The van der Waals surface area contributed by atoms with Crippen LogP contribution in [0, 0.1) is 0 Å². The van der Waals surface area contributed by atoms with Crippen LogP contribution in [0.4, 0.5) is 5.69 Å². The van der Waals surface area contributed by atoms with Crippen LogP contribution in [-0.4, -0.2) is 29.3 Å². The number of ether oxygens (including phenoxy) is 2. The maximum absolute atomic E-state index is 5.57. The summed E-state index contributed by atoms with van der Waals surface area (Å²) in [5.74, 6) is 0.327. The number of hydrogen-bond acceptors (Lipinski definition) is 5. The lowest BCUT2D eigenvalue weighted by Gasteiger charge is -2.26. The van der Waals surface area contributed by atoms with Crippen molar-refractivity contribution >= 4 is 17.3 Å². The van der Waals surface area contributed by atoms with E-state index in [1.807, 2.05) is 0 Å². The average molecular weight is 202 g/mol. The maximum atomic E-state index is 5.57. The van der Waals surface area contributed by atoms with Gasteiger partial charge in [-0.25, -0.2) is 4.98 Å². The zero-order chi connectivity index (χ0) is 9.26. The molecule has 2 rings (SSSR count). The topological polar surface area (TPSA) is 70.3 Å². The van der Waals surface area contributed by atoms with E-state index in [-0.39, 0.29) is 11.4 Å². The number of nitrogens with two attached hydrogens (primary N) is 1. The normalized spacial score (nSPS) is 16.7. The Morgan fingerprint density at radius 2 is 2.38 bits per heavy atom. The van der Waals surface area contributed by atoms with Gasteiger partial charge in [-0.1, -0.05) is 0 Å². The molecular formula is C7H8ClN3O2. The Morgan fingerprint density at radius 1 is 1.62 bits per heavy atom. The first-order valence-electron chi connectivity index (χ1n) is 3.78. The number of halogens is 1. The van der Waals surface area contributed by atoms with Gasteiger partial charge in [0.2, 0.25) is 11.2 Å². The minimum absolute atomic E-state index is 0.0354. The van der Waals surface area contributed by atoms with E-state index in [0.29, 0.717) is 24.8 Å². The van der Waals surface area contributed by atoms with Crippen molar-refractivity contribution in [3.63, 3.8) is 0 Å². The van der Waals surface area contributed by atoms with Crippen molar-refractivity contribution in [1.82, 2.24) is 9.97 Å². The first-order chi connectivity index (χ1) is 6.25. The Kier molecular flexibility index (Phi) is 2.20. The van der Waals surface area contributed by atoms with Gasteiger partial charge in [-0.15, -0.1) is 0 Å². The van der Waals surface area contributed by atoms with E-state index >= 15 is 0 Å². The average Bonchev–Trinajstić information content (AvgIpc) is 2.03. The van der Waals surface area contributed by atoms with E-state index in [1.54, 1.807) is 0 Å². The van der Waals surface area contributed by atoms with Crippen molar-refractivity contribution in [3.8, 4) is 5.88 Å². The summed E-state index contributed by atoms with van der Waals surface area (Å²) in [6, 6.07) is 0. The molecule has 0 bridgehead atoms. The Balaban J connectivity index is 2.13. The van der Waals surface area contributed by atoms with E-state index < -0.39 is 0 Å². The van der Waals surface area contributed by atoms with E-state index in [1.165, 1.54) is 6.20 Å². The molecular weight excluding hydrogens is 194 g/mol. The standard InChI is InChI=1S/C7H8ClN3O2/c8-7-10-1-5(9)6(11-7)13-4-2-12-3-4/h1,4H,2-3,9H2. The van der Waals surface area contributed by atoms with Gasteiger partial charge < -0.3 is 15.2 Å². The highest BCUT2D eigenvalue weighted by Crippen LogP contribution is 2.21. The summed E-state index contributed by atoms with van der Waals surface area (Å²) < 4.78 is 10.3. The van der Waals surface area contributed by atoms with Crippen LogP contribution < -0.4 is 10.5 Å². The predicted octanol–water partition coefficient (Wildman–Crippen LogP) is 0.490. The molecule has 0 unspecified atom stereocenters. The van der Waals surface area contributed by atoms with Gasteiger partial charge in [-0.05, 0) is 11.6 Å². The van der Waals surface area contributed by atoms with E-state index in [0.717, 1.165) is 0 Å². The van der Waals surface area contributed by atoms with Crippen LogP contribution in [0.1, 0.15) is 0 Å². The SMILES string of the molecule is Nc1cnc(Cl)nc1OC1COC1. The molecule has 1 aromatic rings. The minimum Gasteiger partial charge on any atom is -0.468 e. The number of hydrogen-bond donors (Lipinski definition) is 1. The van der Waals surface area contributed by atoms with Crippen molar-refractivity contribution in [3.05, 3.63) is 11.5 Å². The quantitative estimate of drug-likeness (QED) is 0.706. The number of nitrogens with zero attached hydrogens (tertiary/aromatic N) is 2. The molecule has 0 saturated carbocycles. The van der Waals surface area contributed by atoms with Gasteiger partial charge in [0.1, 0.15) is 11.8 Å². The summed E-state index contributed by atoms with van der Waals surface area (Å²) in [5, 5.41) is 0.129. The van der Waals surface area contributed by atoms with Crippen LogP contribution in [0.25, 0.3) is 0 Å². The third kappa shape index (κ3) is 1.81. The molecule has 0 aliphatic carbocycles. The zero-order valence-electron chi connectivity index (χ0n) is 6.74. The lowest BCUT2D eigenvalue weighted by atomic mass is 10.3. The van der Waals surface area contributed by atoms with Crippen LogP contribution in [0.3, 0.4) is 0 Å². The van der Waals surface area contributed by atoms with Gasteiger partial charge in [-0.3, -0.25) is 0 Å². The molecule has 0 spiro atoms. The molecule has 1 aliphatic heterocycles. The monoisotopic (exact) mass is 201 g/mol. The molecule has 1 aromatic heterocycles. The molecule has 0 amide bonds. The molecule has 2 N–H and O–H groups in total. The van der Waals surface area contributed by atoms with Crippen molar-refractivity contribution in [1.29, 1.82) is 0 Å². The summed E-state index contributed by atoms with van der Waals surface area (Å²) in [4.78, 5) is 7.55. The molecule has 1 aliphatic rings. The molecule has 0 radical (unpaired) electrons. The summed E-state index contributed by atoms with van der Waals surface area (Å²) in [6.45, 7) is 1.14. The molecule has 1 fully saturated rings. The summed E-state index contributed by atoms with van der Waals surface area (Å²) >= 11 is 5.57. The minimum atomic E-state index is 0.0354. The van der Waals surface area contributed by atoms with Crippen molar-refractivity contribution in [2.24, 2.45) is 0 Å². The maximum Gasteiger partial charge on any atom is 0.242 e. The lowest BCUT2D eigenvalue weighted by Crippen LogP contribution is -2.39. The van der Waals surface area contributed by atoms with Crippen LogP contribution in [0.5, 0.6) is 5.88 Å². The van der Waals surface area contributed by atoms with Gasteiger partial charge in [0, 0.05) is 0 Å². The molecule has 0 atom stereocenters. The molecule has 13 heavy (non-hydrogen) atoms. The Bertz CT molecular complexity index is 317. The van der Waals surface area contributed by atoms with Crippen LogP contribution in [-0.2, 0) is 4.74 Å². The fourth-order valence-electron chi connectivity index (χ4n) is 0.890. The molecule has 2 heterocycles. The second-order valence-corrected chi connectivity index (χ2v) is 3.01. The molecule has 1 saturated heterocycles. The fourth-order valence-corrected chi connectivity index (χ4v) is 1.02. The largest absolute Gasteiger partial charge is 0.468 e. The molecule has 6 heteroatoms. The smallest absolute Gasteiger partial charge is 0.242 e. The Labute approximate surface area is 79.8 Å². The number of rotatable bonds is 2. The third-order valence-corrected chi connectivity index (χ3v) is 1.82. The molecule has 0 aromatic carbocycles. The number of nitrogen functional groups attached to an aromatic ring is 1. The van der Waals surface area contributed by atoms with E-state index in [4.69, 9.17) is 26.8 Å². The zero-order valence-corrected chi connectivity index (χ0v) is 7.49.